The van der Waals surface area contributed by atoms with E-state index < -0.39 is 0 Å². The number of rotatable bonds is 2. The fourth-order valence-electron chi connectivity index (χ4n) is 2.80. The van der Waals surface area contributed by atoms with Crippen molar-refractivity contribution < 1.29 is 9.53 Å². The number of hydrogen-bond acceptors (Lipinski definition) is 3. The SMILES string of the molecule is CCC1OCCC1C(=O)N1CCC(C#N)CC1. The van der Waals surface area contributed by atoms with Crippen molar-refractivity contribution in [3.05, 3.63) is 0 Å². The molecule has 2 fully saturated rings. The van der Waals surface area contributed by atoms with E-state index in [0.29, 0.717) is 6.61 Å². The normalized spacial score (nSPS) is 30.2. The lowest BCUT2D eigenvalue weighted by molar-refractivity contribution is -0.138. The molecule has 4 heteroatoms. The van der Waals surface area contributed by atoms with Crippen LogP contribution in [-0.4, -0.2) is 36.6 Å². The van der Waals surface area contributed by atoms with Crippen LogP contribution in [-0.2, 0) is 9.53 Å². The molecule has 1 amide bonds. The summed E-state index contributed by atoms with van der Waals surface area (Å²) in [5.41, 5.74) is 0. The number of ether oxygens (including phenoxy) is 1. The Morgan fingerprint density at radius 3 is 2.71 bits per heavy atom. The quantitative estimate of drug-likeness (QED) is 0.731. The largest absolute Gasteiger partial charge is 0.377 e. The summed E-state index contributed by atoms with van der Waals surface area (Å²) in [4.78, 5) is 14.3. The Bertz CT molecular complexity index is 316. The Kier molecular flexibility index (Phi) is 4.01. The fourth-order valence-corrected chi connectivity index (χ4v) is 2.80. The zero-order valence-electron chi connectivity index (χ0n) is 10.4. The summed E-state index contributed by atoms with van der Waals surface area (Å²) >= 11 is 0. The highest BCUT2D eigenvalue weighted by molar-refractivity contribution is 5.79. The van der Waals surface area contributed by atoms with E-state index in [-0.39, 0.29) is 23.8 Å². The molecule has 4 nitrogen and oxygen atoms in total. The van der Waals surface area contributed by atoms with Gasteiger partial charge in [-0.3, -0.25) is 4.79 Å². The van der Waals surface area contributed by atoms with Crippen molar-refractivity contribution in [2.75, 3.05) is 19.7 Å². The molecule has 94 valence electrons. The van der Waals surface area contributed by atoms with Gasteiger partial charge in [-0.2, -0.15) is 5.26 Å². The van der Waals surface area contributed by atoms with Gasteiger partial charge in [0.2, 0.25) is 5.91 Å². The van der Waals surface area contributed by atoms with Gasteiger partial charge in [-0.25, -0.2) is 0 Å². The van der Waals surface area contributed by atoms with Gasteiger partial charge in [0.15, 0.2) is 0 Å². The minimum Gasteiger partial charge on any atom is -0.377 e. The molecule has 0 saturated carbocycles. The summed E-state index contributed by atoms with van der Waals surface area (Å²) in [6.07, 6.45) is 3.52. The monoisotopic (exact) mass is 236 g/mol. The highest BCUT2D eigenvalue weighted by atomic mass is 16.5. The zero-order chi connectivity index (χ0) is 12.3. The van der Waals surface area contributed by atoms with E-state index >= 15 is 0 Å². The molecule has 2 unspecified atom stereocenters. The average molecular weight is 236 g/mol. The minimum atomic E-state index is 0.0543. The van der Waals surface area contributed by atoms with Gasteiger partial charge in [-0.05, 0) is 25.7 Å². The predicted octanol–water partition coefficient (Wildman–Crippen LogP) is 1.56. The summed E-state index contributed by atoms with van der Waals surface area (Å²) in [5, 5.41) is 8.83. The molecule has 0 radical (unpaired) electrons. The van der Waals surface area contributed by atoms with Gasteiger partial charge in [0.25, 0.3) is 0 Å². The molecule has 2 saturated heterocycles. The van der Waals surface area contributed by atoms with Gasteiger partial charge >= 0.3 is 0 Å². The van der Waals surface area contributed by atoms with Crippen LogP contribution in [0, 0.1) is 23.2 Å². The molecule has 0 bridgehead atoms. The van der Waals surface area contributed by atoms with E-state index in [1.54, 1.807) is 0 Å². The molecule has 0 aliphatic carbocycles. The number of nitrogens with zero attached hydrogens (tertiary/aromatic N) is 2. The van der Waals surface area contributed by atoms with Crippen molar-refractivity contribution in [1.82, 2.24) is 4.90 Å². The van der Waals surface area contributed by atoms with Crippen LogP contribution in [0.15, 0.2) is 0 Å². The van der Waals surface area contributed by atoms with Crippen LogP contribution in [0.1, 0.15) is 32.6 Å². The van der Waals surface area contributed by atoms with Gasteiger partial charge in [0, 0.05) is 25.6 Å². The first-order chi connectivity index (χ1) is 8.26. The van der Waals surface area contributed by atoms with Crippen LogP contribution in [0.5, 0.6) is 0 Å². The molecule has 2 heterocycles. The highest BCUT2D eigenvalue weighted by Crippen LogP contribution is 2.27. The lowest BCUT2D eigenvalue weighted by Gasteiger charge is -2.32. The number of likely N-dealkylation sites (tertiary alicyclic amines) is 1. The molecule has 0 aromatic heterocycles. The van der Waals surface area contributed by atoms with Crippen LogP contribution in [0.3, 0.4) is 0 Å². The average Bonchev–Trinajstić information content (AvgIpc) is 2.86. The van der Waals surface area contributed by atoms with Gasteiger partial charge in [0.05, 0.1) is 18.1 Å². The second kappa shape index (κ2) is 5.50. The fraction of sp³-hybridized carbons (Fsp3) is 0.846. The lowest BCUT2D eigenvalue weighted by Crippen LogP contribution is -2.43. The summed E-state index contributed by atoms with van der Waals surface area (Å²) in [6.45, 7) is 4.26. The number of carbonyl (C=O) groups excluding carboxylic acids is 1. The standard InChI is InChI=1S/C13H20N2O2/c1-2-12-11(5-8-17-12)13(16)15-6-3-10(9-14)4-7-15/h10-12H,2-8H2,1H3. The van der Waals surface area contributed by atoms with Crippen molar-refractivity contribution in [3.8, 4) is 6.07 Å². The summed E-state index contributed by atoms with van der Waals surface area (Å²) < 4.78 is 5.57. The van der Waals surface area contributed by atoms with Crippen LogP contribution in [0.2, 0.25) is 0 Å². The maximum absolute atomic E-state index is 12.3. The topological polar surface area (TPSA) is 53.3 Å². The van der Waals surface area contributed by atoms with E-state index in [1.165, 1.54) is 0 Å². The van der Waals surface area contributed by atoms with Crippen molar-refractivity contribution in [3.63, 3.8) is 0 Å². The third-order valence-corrected chi connectivity index (χ3v) is 3.92. The minimum absolute atomic E-state index is 0.0543. The smallest absolute Gasteiger partial charge is 0.228 e. The van der Waals surface area contributed by atoms with Gasteiger partial charge < -0.3 is 9.64 Å². The molecule has 0 aromatic carbocycles. The van der Waals surface area contributed by atoms with Crippen molar-refractivity contribution in [2.24, 2.45) is 11.8 Å². The lowest BCUT2D eigenvalue weighted by atomic mass is 9.94. The molecule has 2 atom stereocenters. The molecular weight excluding hydrogens is 216 g/mol. The second-order valence-corrected chi connectivity index (χ2v) is 4.94. The van der Waals surface area contributed by atoms with Gasteiger partial charge in [0.1, 0.15) is 0 Å². The second-order valence-electron chi connectivity index (χ2n) is 4.94. The first kappa shape index (κ1) is 12.4. The summed E-state index contributed by atoms with van der Waals surface area (Å²) in [5.74, 6) is 0.435. The molecule has 17 heavy (non-hydrogen) atoms. The van der Waals surface area contributed by atoms with E-state index in [1.807, 2.05) is 4.90 Å². The summed E-state index contributed by atoms with van der Waals surface area (Å²) in [6, 6.07) is 2.29. The van der Waals surface area contributed by atoms with Crippen LogP contribution < -0.4 is 0 Å². The number of amides is 1. The van der Waals surface area contributed by atoms with Gasteiger partial charge in [-0.15, -0.1) is 0 Å². The van der Waals surface area contributed by atoms with E-state index in [9.17, 15) is 4.79 Å². The molecule has 2 aliphatic heterocycles. The van der Waals surface area contributed by atoms with Crippen molar-refractivity contribution in [1.29, 1.82) is 5.26 Å². The third-order valence-electron chi connectivity index (χ3n) is 3.92. The molecule has 0 N–H and O–H groups in total. The predicted molar refractivity (Wildman–Crippen MR) is 63.1 cm³/mol. The molecule has 2 rings (SSSR count). The van der Waals surface area contributed by atoms with E-state index in [2.05, 4.69) is 13.0 Å². The first-order valence-electron chi connectivity index (χ1n) is 6.56. The maximum Gasteiger partial charge on any atom is 0.228 e. The van der Waals surface area contributed by atoms with E-state index in [0.717, 1.165) is 38.8 Å². The first-order valence-corrected chi connectivity index (χ1v) is 6.56. The van der Waals surface area contributed by atoms with Crippen molar-refractivity contribution >= 4 is 5.91 Å². The van der Waals surface area contributed by atoms with Crippen molar-refractivity contribution in [2.45, 2.75) is 38.7 Å². The summed E-state index contributed by atoms with van der Waals surface area (Å²) in [7, 11) is 0. The number of hydrogen-bond donors (Lipinski definition) is 0. The molecule has 2 aliphatic rings. The Morgan fingerprint density at radius 1 is 1.41 bits per heavy atom. The van der Waals surface area contributed by atoms with Crippen LogP contribution >= 0.6 is 0 Å². The number of nitriles is 1. The Balaban J connectivity index is 1.90. The Labute approximate surface area is 103 Å². The van der Waals surface area contributed by atoms with Crippen LogP contribution in [0.4, 0.5) is 0 Å². The highest BCUT2D eigenvalue weighted by Gasteiger charge is 2.36. The Hall–Kier alpha value is -1.08. The maximum atomic E-state index is 12.3. The molecule has 0 aromatic rings. The zero-order valence-corrected chi connectivity index (χ0v) is 10.4. The number of piperidine rings is 1. The molecular formula is C13H20N2O2. The molecule has 0 spiro atoms. The third kappa shape index (κ3) is 2.61. The Morgan fingerprint density at radius 2 is 2.12 bits per heavy atom. The van der Waals surface area contributed by atoms with E-state index in [4.69, 9.17) is 10.00 Å². The van der Waals surface area contributed by atoms with Crippen LogP contribution in [0.25, 0.3) is 0 Å². The number of carbonyl (C=O) groups is 1. The van der Waals surface area contributed by atoms with Gasteiger partial charge in [-0.1, -0.05) is 6.92 Å².